The summed E-state index contributed by atoms with van der Waals surface area (Å²) in [4.78, 5) is 22.2. The molecule has 0 aromatic rings. The molecule has 0 aromatic heterocycles. The number of nitrogens with two attached hydrogens (primary N) is 1. The molecule has 1 unspecified atom stereocenters. The van der Waals surface area contributed by atoms with E-state index in [2.05, 4.69) is 5.32 Å². The van der Waals surface area contributed by atoms with Crippen LogP contribution in [0.1, 0.15) is 33.6 Å². The SMILES string of the molecule is CC(C)(C)OC(=O)N[C@@H](CC1C=CC([N+](=O)[O-])=CC1)C(N)=S. The highest BCUT2D eigenvalue weighted by atomic mass is 32.1. The van der Waals surface area contributed by atoms with Crippen molar-refractivity contribution in [3.8, 4) is 0 Å². The second-order valence-electron chi connectivity index (χ2n) is 6.08. The third-order valence-corrected chi connectivity index (χ3v) is 3.24. The standard InChI is InChI=1S/C14H21N3O4S/c1-14(2,3)21-13(18)16-11(12(15)22)8-9-4-6-10(7-5-9)17(19)20/h4,6-7,9,11H,5,8H2,1-3H3,(H2,15,22)(H,16,18)/t9?,11-/m0/s1. The van der Waals surface area contributed by atoms with E-state index >= 15 is 0 Å². The average molecular weight is 327 g/mol. The maximum Gasteiger partial charge on any atom is 0.408 e. The van der Waals surface area contributed by atoms with Gasteiger partial charge >= 0.3 is 6.09 Å². The first-order chi connectivity index (χ1) is 10.1. The summed E-state index contributed by atoms with van der Waals surface area (Å²) in [5, 5.41) is 13.3. The van der Waals surface area contributed by atoms with Crippen LogP contribution in [0.2, 0.25) is 0 Å². The van der Waals surface area contributed by atoms with Crippen molar-refractivity contribution in [2.75, 3.05) is 0 Å². The molecule has 0 saturated heterocycles. The van der Waals surface area contributed by atoms with Gasteiger partial charge in [-0.3, -0.25) is 10.1 Å². The second-order valence-corrected chi connectivity index (χ2v) is 6.55. The minimum Gasteiger partial charge on any atom is -0.444 e. The van der Waals surface area contributed by atoms with Gasteiger partial charge in [-0.05, 0) is 45.6 Å². The molecule has 22 heavy (non-hydrogen) atoms. The maximum absolute atomic E-state index is 11.8. The fraction of sp³-hybridized carbons (Fsp3) is 0.571. The first-order valence-electron chi connectivity index (χ1n) is 6.90. The number of amides is 1. The van der Waals surface area contributed by atoms with Crippen molar-refractivity contribution >= 4 is 23.3 Å². The molecule has 0 bridgehead atoms. The van der Waals surface area contributed by atoms with Gasteiger partial charge < -0.3 is 15.8 Å². The molecule has 7 nitrogen and oxygen atoms in total. The fourth-order valence-corrected chi connectivity index (χ4v) is 2.12. The number of rotatable bonds is 5. The summed E-state index contributed by atoms with van der Waals surface area (Å²) in [6.07, 6.45) is 5.12. The van der Waals surface area contributed by atoms with Gasteiger partial charge in [0, 0.05) is 6.08 Å². The predicted octanol–water partition coefficient (Wildman–Crippen LogP) is 2.29. The normalized spacial score (nSPS) is 19.0. The average Bonchev–Trinajstić information content (AvgIpc) is 2.36. The van der Waals surface area contributed by atoms with Crippen LogP contribution in [0.5, 0.6) is 0 Å². The summed E-state index contributed by atoms with van der Waals surface area (Å²) in [6, 6.07) is -0.523. The Balaban J connectivity index is 2.60. The van der Waals surface area contributed by atoms with Crippen LogP contribution in [0.3, 0.4) is 0 Å². The summed E-state index contributed by atoms with van der Waals surface area (Å²) in [5.41, 5.74) is 5.12. The van der Waals surface area contributed by atoms with Gasteiger partial charge in [-0.2, -0.15) is 0 Å². The number of alkyl carbamates (subject to hydrolysis) is 1. The molecule has 0 aliphatic heterocycles. The lowest BCUT2D eigenvalue weighted by Gasteiger charge is -2.25. The Hall–Kier alpha value is -1.96. The van der Waals surface area contributed by atoms with Crippen LogP contribution >= 0.6 is 12.2 Å². The van der Waals surface area contributed by atoms with Crippen LogP contribution in [-0.2, 0) is 4.74 Å². The molecule has 0 fully saturated rings. The number of ether oxygens (including phenoxy) is 1. The zero-order valence-corrected chi connectivity index (χ0v) is 13.7. The Morgan fingerprint density at radius 3 is 2.68 bits per heavy atom. The molecule has 0 heterocycles. The van der Waals surface area contributed by atoms with Gasteiger partial charge in [-0.15, -0.1) is 0 Å². The molecular weight excluding hydrogens is 306 g/mol. The van der Waals surface area contributed by atoms with E-state index in [9.17, 15) is 14.9 Å². The third kappa shape index (κ3) is 6.21. The summed E-state index contributed by atoms with van der Waals surface area (Å²) in [6.45, 7) is 5.28. The molecule has 1 amide bonds. The monoisotopic (exact) mass is 327 g/mol. The van der Waals surface area contributed by atoms with E-state index < -0.39 is 22.7 Å². The number of allylic oxidation sites excluding steroid dienone is 3. The molecule has 0 aromatic carbocycles. The predicted molar refractivity (Wildman–Crippen MR) is 86.9 cm³/mol. The maximum atomic E-state index is 11.8. The number of carbonyl (C=O) groups is 1. The highest BCUT2D eigenvalue weighted by Crippen LogP contribution is 2.21. The first kappa shape index (κ1) is 18.1. The van der Waals surface area contributed by atoms with E-state index in [0.717, 1.165) is 0 Å². The topological polar surface area (TPSA) is 107 Å². The summed E-state index contributed by atoms with van der Waals surface area (Å²) >= 11 is 4.97. The lowest BCUT2D eigenvalue weighted by molar-refractivity contribution is -0.419. The van der Waals surface area contributed by atoms with Crippen molar-refractivity contribution < 1.29 is 14.5 Å². The van der Waals surface area contributed by atoms with Crippen molar-refractivity contribution in [2.45, 2.75) is 45.3 Å². The van der Waals surface area contributed by atoms with Gasteiger partial charge in [-0.25, -0.2) is 4.79 Å². The summed E-state index contributed by atoms with van der Waals surface area (Å²) in [7, 11) is 0. The van der Waals surface area contributed by atoms with Crippen LogP contribution in [0, 0.1) is 16.0 Å². The number of thiocarbonyl (C=S) groups is 1. The highest BCUT2D eigenvalue weighted by molar-refractivity contribution is 7.80. The Morgan fingerprint density at radius 1 is 1.64 bits per heavy atom. The Labute approximate surface area is 134 Å². The van der Waals surface area contributed by atoms with E-state index in [-0.39, 0.29) is 16.6 Å². The van der Waals surface area contributed by atoms with Crippen molar-refractivity contribution in [3.63, 3.8) is 0 Å². The zero-order valence-electron chi connectivity index (χ0n) is 12.9. The Morgan fingerprint density at radius 2 is 2.27 bits per heavy atom. The first-order valence-corrected chi connectivity index (χ1v) is 7.31. The third-order valence-electron chi connectivity index (χ3n) is 2.95. The van der Waals surface area contributed by atoms with Gasteiger partial charge in [0.1, 0.15) is 5.60 Å². The molecule has 1 rings (SSSR count). The lowest BCUT2D eigenvalue weighted by atomic mass is 9.92. The minimum atomic E-state index is -0.612. The van der Waals surface area contributed by atoms with Crippen molar-refractivity contribution in [2.24, 2.45) is 11.7 Å². The molecule has 0 spiro atoms. The number of nitrogens with one attached hydrogen (secondary N) is 1. The molecule has 3 N–H and O–H groups in total. The summed E-state index contributed by atoms with van der Waals surface area (Å²) < 4.78 is 5.17. The molecule has 1 aliphatic carbocycles. The Kier molecular flexibility index (Phi) is 6.04. The van der Waals surface area contributed by atoms with Crippen LogP contribution in [0.4, 0.5) is 4.79 Å². The number of nitrogens with zero attached hydrogens (tertiary/aromatic N) is 1. The van der Waals surface area contributed by atoms with E-state index in [1.807, 2.05) is 0 Å². The van der Waals surface area contributed by atoms with E-state index in [1.54, 1.807) is 32.9 Å². The van der Waals surface area contributed by atoms with Crippen LogP contribution < -0.4 is 11.1 Å². The minimum absolute atomic E-state index is 0.0186. The van der Waals surface area contributed by atoms with Gasteiger partial charge in [-0.1, -0.05) is 18.3 Å². The second kappa shape index (κ2) is 7.35. The highest BCUT2D eigenvalue weighted by Gasteiger charge is 2.24. The molecule has 0 radical (unpaired) electrons. The molecule has 122 valence electrons. The molecule has 0 saturated carbocycles. The quantitative estimate of drug-likeness (QED) is 0.456. The Bertz CT molecular complexity index is 523. The smallest absolute Gasteiger partial charge is 0.408 e. The lowest BCUT2D eigenvalue weighted by Crippen LogP contribution is -2.46. The van der Waals surface area contributed by atoms with Crippen LogP contribution in [-0.4, -0.2) is 27.6 Å². The molecule has 2 atom stereocenters. The van der Waals surface area contributed by atoms with Crippen molar-refractivity contribution in [1.82, 2.24) is 5.32 Å². The number of nitro groups is 1. The zero-order chi connectivity index (χ0) is 16.9. The van der Waals surface area contributed by atoms with Gasteiger partial charge in [0.05, 0.1) is 16.0 Å². The van der Waals surface area contributed by atoms with Gasteiger partial charge in [0.15, 0.2) is 0 Å². The fourth-order valence-electron chi connectivity index (χ4n) is 1.96. The van der Waals surface area contributed by atoms with Crippen LogP contribution in [0.15, 0.2) is 23.9 Å². The van der Waals surface area contributed by atoms with Gasteiger partial charge in [0.2, 0.25) is 0 Å². The molecule has 8 heteroatoms. The van der Waals surface area contributed by atoms with Crippen molar-refractivity contribution in [1.29, 1.82) is 0 Å². The van der Waals surface area contributed by atoms with Crippen molar-refractivity contribution in [3.05, 3.63) is 34.0 Å². The number of carbonyl (C=O) groups excluding carboxylic acids is 1. The largest absolute Gasteiger partial charge is 0.444 e. The van der Waals surface area contributed by atoms with Crippen LogP contribution in [0.25, 0.3) is 0 Å². The molecule has 1 aliphatic rings. The van der Waals surface area contributed by atoms with E-state index in [4.69, 9.17) is 22.7 Å². The number of hydrogen-bond acceptors (Lipinski definition) is 5. The van der Waals surface area contributed by atoms with E-state index in [0.29, 0.717) is 12.8 Å². The van der Waals surface area contributed by atoms with E-state index in [1.165, 1.54) is 6.08 Å². The number of hydrogen-bond donors (Lipinski definition) is 2. The summed E-state index contributed by atoms with van der Waals surface area (Å²) in [5.74, 6) is 0.0186. The van der Waals surface area contributed by atoms with Gasteiger partial charge in [0.25, 0.3) is 5.70 Å². The molecular formula is C14H21N3O4S.